The Hall–Kier alpha value is -1.95. The maximum Gasteiger partial charge on any atom is 0.250 e. The number of furan rings is 1. The molecule has 0 atom stereocenters. The lowest BCUT2D eigenvalue weighted by Gasteiger charge is -1.92. The van der Waals surface area contributed by atoms with Gasteiger partial charge < -0.3 is 4.42 Å². The molecule has 0 spiro atoms. The van der Waals surface area contributed by atoms with Gasteiger partial charge in [0.25, 0.3) is 0 Å². The van der Waals surface area contributed by atoms with Crippen LogP contribution >= 0.6 is 11.3 Å². The number of hydrogen-bond donors (Lipinski definition) is 1. The van der Waals surface area contributed by atoms with Gasteiger partial charge in [0.15, 0.2) is 0 Å². The van der Waals surface area contributed by atoms with E-state index < -0.39 is 0 Å². The first-order valence-electron chi connectivity index (χ1n) is 4.13. The highest BCUT2D eigenvalue weighted by molar-refractivity contribution is 7.13. The van der Waals surface area contributed by atoms with Crippen molar-refractivity contribution in [3.05, 3.63) is 35.7 Å². The van der Waals surface area contributed by atoms with Crippen LogP contribution in [-0.2, 0) is 4.79 Å². The molecule has 76 valence electrons. The first-order chi connectivity index (χ1) is 7.34. The van der Waals surface area contributed by atoms with Crippen LogP contribution < -0.4 is 5.32 Å². The molecule has 2 aromatic heterocycles. The van der Waals surface area contributed by atoms with E-state index in [-0.39, 0.29) is 5.91 Å². The highest BCUT2D eigenvalue weighted by Gasteiger charge is 2.00. The maximum atomic E-state index is 11.3. The van der Waals surface area contributed by atoms with E-state index in [0.29, 0.717) is 10.9 Å². The van der Waals surface area contributed by atoms with E-state index >= 15 is 0 Å². The number of anilines is 1. The highest BCUT2D eigenvalue weighted by atomic mass is 32.1. The second-order valence-corrected chi connectivity index (χ2v) is 3.42. The molecule has 0 aliphatic rings. The third kappa shape index (κ3) is 2.75. The van der Waals surface area contributed by atoms with E-state index in [4.69, 9.17) is 4.42 Å². The highest BCUT2D eigenvalue weighted by Crippen LogP contribution is 2.08. The summed E-state index contributed by atoms with van der Waals surface area (Å²) in [5, 5.41) is 10.3. The van der Waals surface area contributed by atoms with E-state index in [0.717, 1.165) is 0 Å². The van der Waals surface area contributed by atoms with Gasteiger partial charge in [-0.15, -0.1) is 10.2 Å². The smallest absolute Gasteiger partial charge is 0.250 e. The Morgan fingerprint density at radius 3 is 3.20 bits per heavy atom. The Kier molecular flexibility index (Phi) is 2.89. The van der Waals surface area contributed by atoms with E-state index in [1.165, 1.54) is 17.4 Å². The normalized spacial score (nSPS) is 10.7. The zero-order chi connectivity index (χ0) is 10.5. The number of carbonyl (C=O) groups excluding carboxylic acids is 1. The van der Waals surface area contributed by atoms with Crippen molar-refractivity contribution in [2.24, 2.45) is 0 Å². The molecule has 0 saturated heterocycles. The first-order valence-corrected chi connectivity index (χ1v) is 5.01. The van der Waals surface area contributed by atoms with Gasteiger partial charge in [-0.2, -0.15) is 0 Å². The number of carbonyl (C=O) groups is 1. The van der Waals surface area contributed by atoms with Gasteiger partial charge in [-0.1, -0.05) is 11.3 Å². The fourth-order valence-corrected chi connectivity index (χ4v) is 1.37. The molecule has 1 amide bonds. The molecule has 0 aromatic carbocycles. The Morgan fingerprint density at radius 2 is 2.53 bits per heavy atom. The SMILES string of the molecule is O=C(C=Cc1ccco1)Nc1nncs1. The molecular weight excluding hydrogens is 214 g/mol. The average molecular weight is 221 g/mol. The van der Waals surface area contributed by atoms with Crippen molar-refractivity contribution in [2.45, 2.75) is 0 Å². The molecule has 0 aliphatic carbocycles. The summed E-state index contributed by atoms with van der Waals surface area (Å²) in [6.45, 7) is 0. The van der Waals surface area contributed by atoms with Crippen molar-refractivity contribution in [3.63, 3.8) is 0 Å². The molecule has 2 rings (SSSR count). The summed E-state index contributed by atoms with van der Waals surface area (Å²) in [4.78, 5) is 11.3. The molecule has 0 fully saturated rings. The van der Waals surface area contributed by atoms with Gasteiger partial charge in [0.2, 0.25) is 11.0 Å². The van der Waals surface area contributed by atoms with E-state index in [9.17, 15) is 4.79 Å². The third-order valence-corrected chi connectivity index (χ3v) is 2.14. The summed E-state index contributed by atoms with van der Waals surface area (Å²) in [7, 11) is 0. The summed E-state index contributed by atoms with van der Waals surface area (Å²) in [6, 6.07) is 3.51. The lowest BCUT2D eigenvalue weighted by atomic mass is 10.4. The van der Waals surface area contributed by atoms with Crippen LogP contribution in [0.2, 0.25) is 0 Å². The van der Waals surface area contributed by atoms with Crippen molar-refractivity contribution in [3.8, 4) is 0 Å². The zero-order valence-electron chi connectivity index (χ0n) is 7.58. The van der Waals surface area contributed by atoms with Crippen LogP contribution in [0, 0.1) is 0 Å². The predicted molar refractivity (Wildman–Crippen MR) is 56.3 cm³/mol. The van der Waals surface area contributed by atoms with Crippen LogP contribution in [0.25, 0.3) is 6.08 Å². The molecular formula is C9H7N3O2S. The molecule has 0 aliphatic heterocycles. The quantitative estimate of drug-likeness (QED) is 0.802. The summed E-state index contributed by atoms with van der Waals surface area (Å²) in [6.07, 6.45) is 4.50. The van der Waals surface area contributed by atoms with Crippen molar-refractivity contribution < 1.29 is 9.21 Å². The van der Waals surface area contributed by atoms with Gasteiger partial charge in [-0.05, 0) is 18.2 Å². The van der Waals surface area contributed by atoms with Crippen LogP contribution in [0.5, 0.6) is 0 Å². The Balaban J connectivity index is 1.93. The maximum absolute atomic E-state index is 11.3. The van der Waals surface area contributed by atoms with Gasteiger partial charge in [-0.3, -0.25) is 10.1 Å². The van der Waals surface area contributed by atoms with Crippen molar-refractivity contribution in [1.82, 2.24) is 10.2 Å². The molecule has 2 heterocycles. The second-order valence-electron chi connectivity index (χ2n) is 2.58. The lowest BCUT2D eigenvalue weighted by molar-refractivity contribution is -0.111. The first kappa shape index (κ1) is 9.60. The monoisotopic (exact) mass is 221 g/mol. The summed E-state index contributed by atoms with van der Waals surface area (Å²) in [5.74, 6) is 0.366. The van der Waals surface area contributed by atoms with Gasteiger partial charge in [-0.25, -0.2) is 0 Å². The van der Waals surface area contributed by atoms with Crippen LogP contribution in [-0.4, -0.2) is 16.1 Å². The summed E-state index contributed by atoms with van der Waals surface area (Å²) >= 11 is 1.26. The van der Waals surface area contributed by atoms with E-state index in [1.807, 2.05) is 0 Å². The molecule has 5 nitrogen and oxygen atoms in total. The Bertz CT molecular complexity index is 448. The van der Waals surface area contributed by atoms with Gasteiger partial charge >= 0.3 is 0 Å². The predicted octanol–water partition coefficient (Wildman–Crippen LogP) is 1.78. The van der Waals surface area contributed by atoms with E-state index in [2.05, 4.69) is 15.5 Å². The summed E-state index contributed by atoms with van der Waals surface area (Å²) < 4.78 is 5.03. The molecule has 0 radical (unpaired) electrons. The zero-order valence-corrected chi connectivity index (χ0v) is 8.40. The van der Waals surface area contributed by atoms with Gasteiger partial charge in [0.05, 0.1) is 6.26 Å². The number of nitrogens with one attached hydrogen (secondary N) is 1. The third-order valence-electron chi connectivity index (χ3n) is 1.53. The Morgan fingerprint density at radius 1 is 1.60 bits per heavy atom. The Labute approximate surface area is 89.4 Å². The summed E-state index contributed by atoms with van der Waals surface area (Å²) in [5.41, 5.74) is 1.55. The number of amides is 1. The molecule has 0 bridgehead atoms. The van der Waals surface area contributed by atoms with Gasteiger partial charge in [0, 0.05) is 6.08 Å². The molecule has 15 heavy (non-hydrogen) atoms. The topological polar surface area (TPSA) is 68.0 Å². The lowest BCUT2D eigenvalue weighted by Crippen LogP contribution is -2.07. The van der Waals surface area contributed by atoms with Gasteiger partial charge in [0.1, 0.15) is 11.3 Å². The fourth-order valence-electron chi connectivity index (χ4n) is 0.919. The molecule has 2 aromatic rings. The molecule has 0 unspecified atom stereocenters. The number of aromatic nitrogens is 2. The molecule has 1 N–H and O–H groups in total. The van der Waals surface area contributed by atoms with Crippen molar-refractivity contribution >= 4 is 28.5 Å². The van der Waals surface area contributed by atoms with Crippen molar-refractivity contribution in [1.29, 1.82) is 0 Å². The van der Waals surface area contributed by atoms with Crippen LogP contribution in [0.4, 0.5) is 5.13 Å². The number of rotatable bonds is 3. The average Bonchev–Trinajstić information content (AvgIpc) is 2.86. The minimum absolute atomic E-state index is 0.261. The largest absolute Gasteiger partial charge is 0.465 e. The molecule has 0 saturated carbocycles. The van der Waals surface area contributed by atoms with E-state index in [1.54, 1.807) is 30.0 Å². The molecule has 6 heteroatoms. The number of nitrogens with zero attached hydrogens (tertiary/aromatic N) is 2. The van der Waals surface area contributed by atoms with Crippen LogP contribution in [0.3, 0.4) is 0 Å². The minimum Gasteiger partial charge on any atom is -0.465 e. The van der Waals surface area contributed by atoms with Crippen LogP contribution in [0.15, 0.2) is 34.4 Å². The number of hydrogen-bond acceptors (Lipinski definition) is 5. The fraction of sp³-hybridized carbons (Fsp3) is 0. The van der Waals surface area contributed by atoms with Crippen molar-refractivity contribution in [2.75, 3.05) is 5.32 Å². The minimum atomic E-state index is -0.261. The van der Waals surface area contributed by atoms with Crippen LogP contribution in [0.1, 0.15) is 5.76 Å². The standard InChI is InChI=1S/C9H7N3O2S/c13-8(11-9-12-10-6-15-9)4-3-7-2-1-5-14-7/h1-6H,(H,11,12,13). The second kappa shape index (κ2) is 4.52.